The lowest BCUT2D eigenvalue weighted by atomic mass is 9.80. The summed E-state index contributed by atoms with van der Waals surface area (Å²) in [6.07, 6.45) is 5.14. The third kappa shape index (κ3) is 3.24. The van der Waals surface area contributed by atoms with Crippen LogP contribution in [0.5, 0.6) is 0 Å². The summed E-state index contributed by atoms with van der Waals surface area (Å²) < 4.78 is 17.2. The van der Waals surface area contributed by atoms with Crippen LogP contribution in [-0.4, -0.2) is 62.6 Å². The zero-order valence-electron chi connectivity index (χ0n) is 18.1. The normalized spacial score (nSPS) is 23.5. The minimum Gasteiger partial charge on any atom is -0.398 e. The van der Waals surface area contributed by atoms with E-state index in [1.165, 1.54) is 37.3 Å². The van der Waals surface area contributed by atoms with E-state index in [2.05, 4.69) is 20.6 Å². The fraction of sp³-hybridized carbons (Fsp3) is 0.364. The summed E-state index contributed by atoms with van der Waals surface area (Å²) in [5.41, 5.74) is 6.50. The van der Waals surface area contributed by atoms with Gasteiger partial charge in [0.25, 0.3) is 5.91 Å². The van der Waals surface area contributed by atoms with Gasteiger partial charge >= 0.3 is 0 Å². The number of amides is 1. The van der Waals surface area contributed by atoms with E-state index in [4.69, 9.17) is 17.3 Å². The maximum Gasteiger partial charge on any atom is 0.258 e. The van der Waals surface area contributed by atoms with Gasteiger partial charge in [0.05, 0.1) is 28.9 Å². The topological polar surface area (TPSA) is 122 Å². The number of nitrogens with zero attached hydrogens (tertiary/aromatic N) is 5. The Labute approximate surface area is 194 Å². The molecule has 1 aromatic carbocycles. The minimum absolute atomic E-state index is 0.0490. The first-order valence-corrected chi connectivity index (χ1v) is 10.9. The van der Waals surface area contributed by atoms with E-state index in [1.807, 2.05) is 0 Å². The molecule has 4 N–H and O–H groups in total. The summed E-state index contributed by atoms with van der Waals surface area (Å²) in [6, 6.07) is 2.73. The van der Waals surface area contributed by atoms with Gasteiger partial charge in [0.1, 0.15) is 11.6 Å². The molecule has 3 atom stereocenters. The van der Waals surface area contributed by atoms with Crippen LogP contribution in [0.15, 0.2) is 30.7 Å². The number of aliphatic hydroxyl groups excluding tert-OH is 1. The maximum atomic E-state index is 15.6. The lowest BCUT2D eigenvalue weighted by Crippen LogP contribution is -2.26. The van der Waals surface area contributed by atoms with Crippen molar-refractivity contribution >= 4 is 29.0 Å². The van der Waals surface area contributed by atoms with E-state index in [0.29, 0.717) is 35.8 Å². The molecular formula is C22H23ClFN7O2. The summed E-state index contributed by atoms with van der Waals surface area (Å²) in [5, 5.41) is 22.3. The van der Waals surface area contributed by atoms with Crippen LogP contribution >= 0.6 is 11.6 Å². The van der Waals surface area contributed by atoms with Crippen LogP contribution in [0, 0.1) is 5.82 Å². The molecule has 2 aliphatic rings. The smallest absolute Gasteiger partial charge is 0.258 e. The van der Waals surface area contributed by atoms with E-state index >= 15 is 4.39 Å². The number of nitrogens with one attached hydrogen (secondary N) is 1. The number of pyridine rings is 1. The van der Waals surface area contributed by atoms with Gasteiger partial charge in [-0.3, -0.25) is 4.79 Å². The summed E-state index contributed by atoms with van der Waals surface area (Å²) in [6.45, 7) is 0.537. The van der Waals surface area contributed by atoms with Crippen molar-refractivity contribution in [3.8, 4) is 11.1 Å². The van der Waals surface area contributed by atoms with Crippen molar-refractivity contribution in [3.05, 3.63) is 52.7 Å². The molecule has 2 aromatic heterocycles. The van der Waals surface area contributed by atoms with E-state index in [-0.39, 0.29) is 22.9 Å². The molecule has 0 saturated heterocycles. The van der Waals surface area contributed by atoms with E-state index < -0.39 is 23.2 Å². The molecular weight excluding hydrogens is 449 g/mol. The predicted molar refractivity (Wildman–Crippen MR) is 122 cm³/mol. The zero-order valence-corrected chi connectivity index (χ0v) is 18.8. The summed E-state index contributed by atoms with van der Waals surface area (Å²) >= 11 is 6.90. The highest BCUT2D eigenvalue weighted by Crippen LogP contribution is 2.54. The average molecular weight is 472 g/mol. The monoisotopic (exact) mass is 471 g/mol. The van der Waals surface area contributed by atoms with Crippen LogP contribution in [0.2, 0.25) is 5.02 Å². The van der Waals surface area contributed by atoms with Crippen molar-refractivity contribution in [1.29, 1.82) is 0 Å². The minimum atomic E-state index is -0.746. The fourth-order valence-corrected chi connectivity index (χ4v) is 5.49. The molecule has 1 fully saturated rings. The van der Waals surface area contributed by atoms with Crippen LogP contribution in [0.4, 0.5) is 15.9 Å². The standard InChI is InChI=1S/C22H23ClFN7O2/c1-30(2)21(33)16-13(25)4-3-11(19(16)24)12-9-26-20-17(18(12)23)22(10-27-20)7-14(15(32)8-22)31-6-5-28-29-31/h3-6,9,14-15,32H,7-8,10,25H2,1-2H3,(H,26,27)/t14-,15-,22-/m1/s1. The molecule has 11 heteroatoms. The quantitative estimate of drug-likeness (QED) is 0.501. The Balaban J connectivity index is 1.61. The highest BCUT2D eigenvalue weighted by Gasteiger charge is 2.52. The Kier molecular flexibility index (Phi) is 5.02. The van der Waals surface area contributed by atoms with Gasteiger partial charge < -0.3 is 21.1 Å². The van der Waals surface area contributed by atoms with Gasteiger partial charge in [-0.15, -0.1) is 5.10 Å². The SMILES string of the molecule is CN(C)C(=O)c1c(N)ccc(-c2cnc3c(c2Cl)[C@@]2(CN3)C[C@@H](O)[C@H](n3ccnn3)C2)c1F. The second-order valence-electron chi connectivity index (χ2n) is 8.86. The summed E-state index contributed by atoms with van der Waals surface area (Å²) in [5.74, 6) is -0.676. The summed E-state index contributed by atoms with van der Waals surface area (Å²) in [4.78, 5) is 18.3. The molecule has 1 aliphatic carbocycles. The molecule has 0 bridgehead atoms. The number of halogens is 2. The molecule has 33 heavy (non-hydrogen) atoms. The third-order valence-electron chi connectivity index (χ3n) is 6.65. The third-order valence-corrected chi connectivity index (χ3v) is 7.04. The number of rotatable bonds is 3. The number of carbonyl (C=O) groups excluding carboxylic acids is 1. The number of hydrogen-bond acceptors (Lipinski definition) is 7. The van der Waals surface area contributed by atoms with Crippen LogP contribution in [0.3, 0.4) is 0 Å². The maximum absolute atomic E-state index is 15.6. The molecule has 172 valence electrons. The molecule has 0 radical (unpaired) electrons. The van der Waals surface area contributed by atoms with Gasteiger partial charge in [-0.05, 0) is 25.0 Å². The summed E-state index contributed by atoms with van der Waals surface area (Å²) in [7, 11) is 3.06. The second kappa shape index (κ2) is 7.67. The Hall–Kier alpha value is -3.24. The first-order chi connectivity index (χ1) is 15.7. The van der Waals surface area contributed by atoms with Crippen molar-refractivity contribution in [1.82, 2.24) is 24.9 Å². The number of anilines is 2. The van der Waals surface area contributed by atoms with Crippen molar-refractivity contribution in [3.63, 3.8) is 0 Å². The lowest BCUT2D eigenvalue weighted by Gasteiger charge is -2.25. The van der Waals surface area contributed by atoms with E-state index in [0.717, 1.165) is 5.56 Å². The molecule has 9 nitrogen and oxygen atoms in total. The highest BCUT2D eigenvalue weighted by atomic mass is 35.5. The van der Waals surface area contributed by atoms with Gasteiger partial charge in [0.15, 0.2) is 0 Å². The number of hydrogen-bond donors (Lipinski definition) is 3. The van der Waals surface area contributed by atoms with Gasteiger partial charge in [-0.25, -0.2) is 14.1 Å². The first kappa shape index (κ1) is 21.6. The molecule has 3 heterocycles. The highest BCUT2D eigenvalue weighted by molar-refractivity contribution is 6.34. The largest absolute Gasteiger partial charge is 0.398 e. The Morgan fingerprint density at radius 1 is 1.36 bits per heavy atom. The molecule has 3 aromatic rings. The molecule has 1 aliphatic heterocycles. The molecule has 5 rings (SSSR count). The first-order valence-electron chi connectivity index (χ1n) is 10.5. The average Bonchev–Trinajstić information content (AvgIpc) is 3.49. The van der Waals surface area contributed by atoms with Gasteiger partial charge in [-0.1, -0.05) is 16.8 Å². The Bertz CT molecular complexity index is 1250. The van der Waals surface area contributed by atoms with Gasteiger partial charge in [-0.2, -0.15) is 0 Å². The number of aromatic nitrogens is 4. The lowest BCUT2D eigenvalue weighted by molar-refractivity contribution is 0.0824. The number of carbonyl (C=O) groups is 1. The van der Waals surface area contributed by atoms with Gasteiger partial charge in [0.2, 0.25) is 0 Å². The number of nitrogens with two attached hydrogens (primary N) is 1. The number of fused-ring (bicyclic) bond motifs is 2. The second-order valence-corrected chi connectivity index (χ2v) is 9.24. The fourth-order valence-electron chi connectivity index (χ4n) is 5.04. The number of nitrogen functional groups attached to an aromatic ring is 1. The van der Waals surface area contributed by atoms with E-state index in [9.17, 15) is 9.90 Å². The van der Waals surface area contributed by atoms with Crippen molar-refractivity contribution in [2.45, 2.75) is 30.4 Å². The molecule has 1 spiro atoms. The van der Waals surface area contributed by atoms with Crippen LogP contribution in [-0.2, 0) is 5.41 Å². The van der Waals surface area contributed by atoms with Crippen molar-refractivity contribution < 1.29 is 14.3 Å². The van der Waals surface area contributed by atoms with Crippen molar-refractivity contribution in [2.24, 2.45) is 0 Å². The Morgan fingerprint density at radius 2 is 2.15 bits per heavy atom. The molecule has 0 unspecified atom stereocenters. The van der Waals surface area contributed by atoms with E-state index in [1.54, 1.807) is 17.1 Å². The van der Waals surface area contributed by atoms with Gasteiger partial charge in [0, 0.05) is 60.8 Å². The number of aliphatic hydroxyl groups is 1. The van der Waals surface area contributed by atoms with Crippen LogP contribution in [0.25, 0.3) is 11.1 Å². The zero-order chi connectivity index (χ0) is 23.5. The molecule has 1 amide bonds. The molecule has 1 saturated carbocycles. The van der Waals surface area contributed by atoms with Crippen LogP contribution in [0.1, 0.15) is 34.8 Å². The van der Waals surface area contributed by atoms with Crippen molar-refractivity contribution in [2.75, 3.05) is 31.7 Å². The number of benzene rings is 1. The predicted octanol–water partition coefficient (Wildman–Crippen LogP) is 2.48. The van der Waals surface area contributed by atoms with Crippen LogP contribution < -0.4 is 11.1 Å². The Morgan fingerprint density at radius 3 is 2.85 bits per heavy atom.